The van der Waals surface area contributed by atoms with E-state index in [1.165, 1.54) is 6.07 Å². The number of amides is 2. The van der Waals surface area contributed by atoms with E-state index in [0.717, 1.165) is 24.1 Å². The highest BCUT2D eigenvalue weighted by Gasteiger charge is 2.27. The topological polar surface area (TPSA) is 91.2 Å². The van der Waals surface area contributed by atoms with E-state index in [2.05, 4.69) is 10.3 Å². The zero-order valence-corrected chi connectivity index (χ0v) is 15.4. The van der Waals surface area contributed by atoms with Crippen molar-refractivity contribution in [3.63, 3.8) is 0 Å². The number of benzene rings is 1. The molecule has 0 radical (unpaired) electrons. The van der Waals surface area contributed by atoms with Gasteiger partial charge in [0.25, 0.3) is 5.91 Å². The number of hydrogen-bond acceptors (Lipinski definition) is 3. The summed E-state index contributed by atoms with van der Waals surface area (Å²) in [7, 11) is 0. The average Bonchev–Trinajstić information content (AvgIpc) is 2.89. The number of nitrogens with zero attached hydrogens (tertiary/aromatic N) is 1. The molecule has 1 aromatic heterocycles. The van der Waals surface area contributed by atoms with E-state index in [1.54, 1.807) is 0 Å². The molecule has 140 valence electrons. The molecule has 1 aliphatic rings. The standard InChI is InChI=1S/C19H25FN4O2/c1-4-15(25)23-12-6-5-7-24(9-12)18-14(20)8-13(19(21)26)17-16(18)10(2)11(3)22-17/h8,12,22H,4-7,9H2,1-3H3,(H2,21,26)(H,23,25). The van der Waals surface area contributed by atoms with Crippen LogP contribution in [0.15, 0.2) is 6.07 Å². The number of rotatable bonds is 4. The molecule has 0 saturated carbocycles. The predicted molar refractivity (Wildman–Crippen MR) is 99.9 cm³/mol. The van der Waals surface area contributed by atoms with Gasteiger partial charge in [0.2, 0.25) is 5.91 Å². The molecule has 0 spiro atoms. The fourth-order valence-corrected chi connectivity index (χ4v) is 3.73. The Balaban J connectivity index is 2.07. The van der Waals surface area contributed by atoms with Gasteiger partial charge in [0.15, 0.2) is 0 Å². The van der Waals surface area contributed by atoms with Gasteiger partial charge in [-0.2, -0.15) is 0 Å². The minimum absolute atomic E-state index is 0.000199. The maximum Gasteiger partial charge on any atom is 0.250 e. The van der Waals surface area contributed by atoms with Gasteiger partial charge >= 0.3 is 0 Å². The van der Waals surface area contributed by atoms with Crippen LogP contribution in [0, 0.1) is 19.7 Å². The molecule has 1 atom stereocenters. The van der Waals surface area contributed by atoms with Gasteiger partial charge < -0.3 is 20.9 Å². The number of halogens is 1. The van der Waals surface area contributed by atoms with Crippen molar-refractivity contribution in [1.29, 1.82) is 0 Å². The molecular weight excluding hydrogens is 335 g/mol. The lowest BCUT2D eigenvalue weighted by molar-refractivity contribution is -0.121. The number of fused-ring (bicyclic) bond motifs is 1. The van der Waals surface area contributed by atoms with E-state index >= 15 is 4.39 Å². The Bertz CT molecular complexity index is 874. The normalized spacial score (nSPS) is 17.5. The molecule has 4 N–H and O–H groups in total. The minimum Gasteiger partial charge on any atom is -0.367 e. The van der Waals surface area contributed by atoms with Crippen molar-refractivity contribution in [2.45, 2.75) is 46.1 Å². The fraction of sp³-hybridized carbons (Fsp3) is 0.474. The van der Waals surface area contributed by atoms with Crippen molar-refractivity contribution in [2.24, 2.45) is 5.73 Å². The zero-order chi connectivity index (χ0) is 19.0. The monoisotopic (exact) mass is 360 g/mol. The molecule has 3 rings (SSSR count). The summed E-state index contributed by atoms with van der Waals surface area (Å²) in [6.45, 7) is 6.85. The van der Waals surface area contributed by atoms with E-state index in [9.17, 15) is 9.59 Å². The van der Waals surface area contributed by atoms with E-state index in [-0.39, 0.29) is 17.5 Å². The van der Waals surface area contributed by atoms with Crippen molar-refractivity contribution in [2.75, 3.05) is 18.0 Å². The largest absolute Gasteiger partial charge is 0.367 e. The van der Waals surface area contributed by atoms with Crippen LogP contribution in [0.2, 0.25) is 0 Å². The van der Waals surface area contributed by atoms with Crippen LogP contribution in [-0.4, -0.2) is 35.9 Å². The number of aromatic amines is 1. The summed E-state index contributed by atoms with van der Waals surface area (Å²) < 4.78 is 15.0. The molecule has 0 aliphatic carbocycles. The number of hydrogen-bond donors (Lipinski definition) is 3. The third-order valence-corrected chi connectivity index (χ3v) is 5.19. The summed E-state index contributed by atoms with van der Waals surface area (Å²) >= 11 is 0. The smallest absolute Gasteiger partial charge is 0.250 e. The number of carbonyl (C=O) groups is 2. The van der Waals surface area contributed by atoms with Gasteiger partial charge in [0, 0.05) is 36.6 Å². The van der Waals surface area contributed by atoms with Gasteiger partial charge in [-0.3, -0.25) is 9.59 Å². The molecular formula is C19H25FN4O2. The second kappa shape index (κ2) is 6.97. The van der Waals surface area contributed by atoms with Crippen LogP contribution in [0.4, 0.5) is 10.1 Å². The summed E-state index contributed by atoms with van der Waals surface area (Å²) in [5.41, 5.74) is 8.42. The van der Waals surface area contributed by atoms with Crippen LogP contribution in [0.25, 0.3) is 10.9 Å². The summed E-state index contributed by atoms with van der Waals surface area (Å²) in [5, 5.41) is 3.69. The van der Waals surface area contributed by atoms with Gasteiger partial charge in [-0.25, -0.2) is 4.39 Å². The van der Waals surface area contributed by atoms with Gasteiger partial charge in [-0.05, 0) is 38.3 Å². The van der Waals surface area contributed by atoms with E-state index in [4.69, 9.17) is 5.73 Å². The summed E-state index contributed by atoms with van der Waals surface area (Å²) in [6.07, 6.45) is 2.16. The highest BCUT2D eigenvalue weighted by atomic mass is 19.1. The number of carbonyl (C=O) groups excluding carboxylic acids is 2. The van der Waals surface area contributed by atoms with Gasteiger partial charge in [-0.1, -0.05) is 6.92 Å². The van der Waals surface area contributed by atoms with Crippen molar-refractivity contribution < 1.29 is 14.0 Å². The third kappa shape index (κ3) is 3.13. The molecule has 1 unspecified atom stereocenters. The van der Waals surface area contributed by atoms with Crippen LogP contribution in [0.3, 0.4) is 0 Å². The highest BCUT2D eigenvalue weighted by molar-refractivity contribution is 6.10. The number of nitrogens with one attached hydrogen (secondary N) is 2. The lowest BCUT2D eigenvalue weighted by Gasteiger charge is -2.35. The minimum atomic E-state index is -0.659. The van der Waals surface area contributed by atoms with Crippen LogP contribution >= 0.6 is 0 Å². The Morgan fingerprint density at radius 1 is 1.42 bits per heavy atom. The molecule has 1 aromatic carbocycles. The zero-order valence-electron chi connectivity index (χ0n) is 15.4. The first-order chi connectivity index (χ1) is 12.3. The summed E-state index contributed by atoms with van der Waals surface area (Å²) in [5.74, 6) is -1.12. The number of piperidine rings is 1. The third-order valence-electron chi connectivity index (χ3n) is 5.19. The molecule has 1 saturated heterocycles. The fourth-order valence-electron chi connectivity index (χ4n) is 3.73. The van der Waals surface area contributed by atoms with Crippen molar-refractivity contribution >= 4 is 28.4 Å². The van der Waals surface area contributed by atoms with Crippen LogP contribution in [-0.2, 0) is 4.79 Å². The van der Waals surface area contributed by atoms with Crippen LogP contribution in [0.1, 0.15) is 47.8 Å². The maximum atomic E-state index is 15.0. The number of aromatic nitrogens is 1. The Kier molecular flexibility index (Phi) is 4.89. The van der Waals surface area contributed by atoms with Crippen LogP contribution in [0.5, 0.6) is 0 Å². The molecule has 6 nitrogen and oxygen atoms in total. The number of primary amides is 1. The second-order valence-electron chi connectivity index (χ2n) is 6.95. The van der Waals surface area contributed by atoms with Crippen molar-refractivity contribution in [3.05, 3.63) is 28.7 Å². The number of anilines is 1. The first kappa shape index (κ1) is 18.2. The number of aryl methyl sites for hydroxylation is 2. The molecule has 26 heavy (non-hydrogen) atoms. The van der Waals surface area contributed by atoms with Gasteiger partial charge in [0.1, 0.15) is 5.82 Å². The van der Waals surface area contributed by atoms with E-state index < -0.39 is 11.7 Å². The first-order valence-corrected chi connectivity index (χ1v) is 8.99. The lowest BCUT2D eigenvalue weighted by atomic mass is 10.00. The van der Waals surface area contributed by atoms with Crippen molar-refractivity contribution in [3.8, 4) is 0 Å². The highest BCUT2D eigenvalue weighted by Crippen LogP contribution is 2.37. The molecule has 2 amide bonds. The predicted octanol–water partition coefficient (Wildman–Crippen LogP) is 2.52. The Morgan fingerprint density at radius 3 is 2.81 bits per heavy atom. The van der Waals surface area contributed by atoms with E-state index in [1.807, 2.05) is 25.7 Å². The average molecular weight is 360 g/mol. The van der Waals surface area contributed by atoms with Crippen molar-refractivity contribution in [1.82, 2.24) is 10.3 Å². The van der Waals surface area contributed by atoms with Gasteiger partial charge in [0.05, 0.1) is 16.8 Å². The molecule has 7 heteroatoms. The maximum absolute atomic E-state index is 15.0. The lowest BCUT2D eigenvalue weighted by Crippen LogP contribution is -2.48. The molecule has 2 heterocycles. The van der Waals surface area contributed by atoms with Gasteiger partial charge in [-0.15, -0.1) is 0 Å². The summed E-state index contributed by atoms with van der Waals surface area (Å²) in [6, 6.07) is 1.20. The van der Waals surface area contributed by atoms with Crippen LogP contribution < -0.4 is 16.0 Å². The second-order valence-corrected chi connectivity index (χ2v) is 6.95. The Hall–Kier alpha value is -2.57. The van der Waals surface area contributed by atoms with E-state index in [0.29, 0.717) is 36.1 Å². The Morgan fingerprint density at radius 2 is 2.15 bits per heavy atom. The quantitative estimate of drug-likeness (QED) is 0.782. The molecule has 1 aliphatic heterocycles. The number of H-pyrrole nitrogens is 1. The summed E-state index contributed by atoms with van der Waals surface area (Å²) in [4.78, 5) is 28.6. The Labute approximate surface area is 151 Å². The molecule has 2 aromatic rings. The SMILES string of the molecule is CCC(=O)NC1CCCN(c2c(F)cc(C(N)=O)c3[nH]c(C)c(C)c23)C1. The first-order valence-electron chi connectivity index (χ1n) is 8.99. The molecule has 0 bridgehead atoms. The number of nitrogens with two attached hydrogens (primary N) is 1. The molecule has 1 fully saturated rings.